The molecule has 0 saturated carbocycles. The van der Waals surface area contributed by atoms with Gasteiger partial charge in [0.1, 0.15) is 0 Å². The number of benzene rings is 3. The number of hydrogen-bond acceptors (Lipinski definition) is 4. The fourth-order valence-corrected chi connectivity index (χ4v) is 3.28. The Kier molecular flexibility index (Phi) is 5.48. The van der Waals surface area contributed by atoms with Crippen molar-refractivity contribution in [2.75, 3.05) is 16.9 Å². The van der Waals surface area contributed by atoms with Gasteiger partial charge in [0.15, 0.2) is 9.84 Å². The molecule has 0 unspecified atom stereocenters. The van der Waals surface area contributed by atoms with Crippen molar-refractivity contribution >= 4 is 44.4 Å². The Bertz CT molecular complexity index is 1070. The van der Waals surface area contributed by atoms with Crippen LogP contribution in [0.5, 0.6) is 0 Å². The lowest BCUT2D eigenvalue weighted by Crippen LogP contribution is -2.13. The average Bonchev–Trinajstić information content (AvgIpc) is 2.63. The maximum atomic E-state index is 12.5. The molecular weight excluding hydrogens is 384 g/mol. The van der Waals surface area contributed by atoms with Crippen LogP contribution in [-0.4, -0.2) is 20.6 Å². The molecule has 0 aliphatic carbocycles. The van der Waals surface area contributed by atoms with E-state index in [1.54, 1.807) is 12.1 Å². The summed E-state index contributed by atoms with van der Waals surface area (Å²) in [5.41, 5.74) is 2.50. The van der Waals surface area contributed by atoms with Gasteiger partial charge >= 0.3 is 0 Å². The lowest BCUT2D eigenvalue weighted by atomic mass is 10.2. The van der Waals surface area contributed by atoms with Crippen molar-refractivity contribution in [1.29, 1.82) is 0 Å². The van der Waals surface area contributed by atoms with Gasteiger partial charge in [0.2, 0.25) is 0 Å². The van der Waals surface area contributed by atoms with E-state index in [0.29, 0.717) is 5.69 Å². The van der Waals surface area contributed by atoms with Crippen LogP contribution < -0.4 is 10.6 Å². The van der Waals surface area contributed by atoms with E-state index in [1.807, 2.05) is 42.5 Å². The molecule has 0 fully saturated rings. The molecule has 3 rings (SSSR count). The highest BCUT2D eigenvalue weighted by Gasteiger charge is 2.15. The number of hydrogen-bond donors (Lipinski definition) is 2. The standard InChI is InChI=1S/C20H17ClN2O3S/c1-27(25,26)17-11-12-19(21)18(13-17)20(24)23-16-9-7-15(8-10-16)22-14-5-3-2-4-6-14/h2-13,22H,1H3,(H,23,24). The molecule has 1 amide bonds. The molecule has 27 heavy (non-hydrogen) atoms. The summed E-state index contributed by atoms with van der Waals surface area (Å²) in [5.74, 6) is -0.478. The third-order valence-electron chi connectivity index (χ3n) is 3.82. The van der Waals surface area contributed by atoms with Crippen molar-refractivity contribution in [3.05, 3.63) is 83.4 Å². The van der Waals surface area contributed by atoms with Crippen LogP contribution in [0.25, 0.3) is 0 Å². The molecular formula is C20H17ClN2O3S. The van der Waals surface area contributed by atoms with E-state index in [2.05, 4.69) is 10.6 Å². The average molecular weight is 401 g/mol. The van der Waals surface area contributed by atoms with Gasteiger partial charge in [0, 0.05) is 23.3 Å². The van der Waals surface area contributed by atoms with Gasteiger partial charge in [-0.3, -0.25) is 4.79 Å². The first-order valence-electron chi connectivity index (χ1n) is 8.06. The lowest BCUT2D eigenvalue weighted by Gasteiger charge is -2.10. The first-order chi connectivity index (χ1) is 12.8. The zero-order chi connectivity index (χ0) is 19.4. The smallest absolute Gasteiger partial charge is 0.257 e. The Morgan fingerprint density at radius 3 is 2.07 bits per heavy atom. The Morgan fingerprint density at radius 2 is 1.44 bits per heavy atom. The number of para-hydroxylation sites is 1. The van der Waals surface area contributed by atoms with Crippen LogP contribution >= 0.6 is 11.6 Å². The monoisotopic (exact) mass is 400 g/mol. The van der Waals surface area contributed by atoms with Crippen LogP contribution in [0.15, 0.2) is 77.7 Å². The topological polar surface area (TPSA) is 75.3 Å². The van der Waals surface area contributed by atoms with E-state index in [1.165, 1.54) is 18.2 Å². The first kappa shape index (κ1) is 18.9. The number of amides is 1. The van der Waals surface area contributed by atoms with Gasteiger partial charge in [-0.15, -0.1) is 0 Å². The Balaban J connectivity index is 1.75. The maximum Gasteiger partial charge on any atom is 0.257 e. The fraction of sp³-hybridized carbons (Fsp3) is 0.0500. The summed E-state index contributed by atoms with van der Waals surface area (Å²) >= 11 is 6.06. The van der Waals surface area contributed by atoms with Gasteiger partial charge in [-0.1, -0.05) is 29.8 Å². The van der Waals surface area contributed by atoms with Crippen LogP contribution in [0.3, 0.4) is 0 Å². The summed E-state index contributed by atoms with van der Waals surface area (Å²) in [5, 5.41) is 6.15. The molecule has 0 aliphatic heterocycles. The summed E-state index contributed by atoms with van der Waals surface area (Å²) in [6.45, 7) is 0. The number of nitrogens with one attached hydrogen (secondary N) is 2. The maximum absolute atomic E-state index is 12.5. The van der Waals surface area contributed by atoms with E-state index in [0.717, 1.165) is 17.6 Å². The normalized spacial score (nSPS) is 11.0. The minimum atomic E-state index is -3.43. The number of carbonyl (C=O) groups is 1. The third kappa shape index (κ3) is 4.87. The number of carbonyl (C=O) groups excluding carboxylic acids is 1. The summed E-state index contributed by atoms with van der Waals surface area (Å²) in [6, 6.07) is 20.9. The highest BCUT2D eigenvalue weighted by Crippen LogP contribution is 2.23. The summed E-state index contributed by atoms with van der Waals surface area (Å²) in [7, 11) is -3.43. The molecule has 5 nitrogen and oxygen atoms in total. The Labute approximate surface area is 162 Å². The summed E-state index contributed by atoms with van der Waals surface area (Å²) in [6.07, 6.45) is 1.08. The van der Waals surface area contributed by atoms with E-state index in [4.69, 9.17) is 11.6 Å². The minimum Gasteiger partial charge on any atom is -0.356 e. The van der Waals surface area contributed by atoms with Gasteiger partial charge < -0.3 is 10.6 Å². The Morgan fingerprint density at radius 1 is 0.852 bits per heavy atom. The number of halogens is 1. The zero-order valence-electron chi connectivity index (χ0n) is 14.4. The van der Waals surface area contributed by atoms with Crippen LogP contribution in [0, 0.1) is 0 Å². The van der Waals surface area contributed by atoms with E-state index in [-0.39, 0.29) is 15.5 Å². The lowest BCUT2D eigenvalue weighted by molar-refractivity contribution is 0.102. The molecule has 0 atom stereocenters. The molecule has 3 aromatic carbocycles. The molecule has 0 spiro atoms. The van der Waals surface area contributed by atoms with Gasteiger partial charge in [0.25, 0.3) is 5.91 Å². The molecule has 138 valence electrons. The van der Waals surface area contributed by atoms with E-state index >= 15 is 0 Å². The van der Waals surface area contributed by atoms with E-state index in [9.17, 15) is 13.2 Å². The fourth-order valence-electron chi connectivity index (χ4n) is 2.43. The summed E-state index contributed by atoms with van der Waals surface area (Å²) < 4.78 is 23.4. The van der Waals surface area contributed by atoms with Crippen molar-refractivity contribution in [1.82, 2.24) is 0 Å². The quantitative estimate of drug-likeness (QED) is 0.648. The number of anilines is 3. The van der Waals surface area contributed by atoms with Crippen LogP contribution in [0.4, 0.5) is 17.1 Å². The number of rotatable bonds is 5. The van der Waals surface area contributed by atoms with Crippen LogP contribution in [0.1, 0.15) is 10.4 Å². The van der Waals surface area contributed by atoms with Gasteiger partial charge in [0.05, 0.1) is 15.5 Å². The van der Waals surface area contributed by atoms with Crippen molar-refractivity contribution in [3.63, 3.8) is 0 Å². The van der Waals surface area contributed by atoms with Gasteiger partial charge in [-0.05, 0) is 54.6 Å². The van der Waals surface area contributed by atoms with E-state index < -0.39 is 15.7 Å². The second-order valence-electron chi connectivity index (χ2n) is 5.94. The highest BCUT2D eigenvalue weighted by atomic mass is 35.5. The summed E-state index contributed by atoms with van der Waals surface area (Å²) in [4.78, 5) is 12.5. The minimum absolute atomic E-state index is 0.0412. The van der Waals surface area contributed by atoms with Gasteiger partial charge in [-0.25, -0.2) is 8.42 Å². The second-order valence-corrected chi connectivity index (χ2v) is 8.36. The molecule has 0 aliphatic rings. The number of sulfone groups is 1. The first-order valence-corrected chi connectivity index (χ1v) is 10.3. The van der Waals surface area contributed by atoms with Crippen LogP contribution in [0.2, 0.25) is 5.02 Å². The van der Waals surface area contributed by atoms with Crippen molar-refractivity contribution in [3.8, 4) is 0 Å². The molecule has 3 aromatic rings. The largest absolute Gasteiger partial charge is 0.356 e. The molecule has 7 heteroatoms. The Hall–Kier alpha value is -2.83. The van der Waals surface area contributed by atoms with Crippen molar-refractivity contribution in [2.45, 2.75) is 4.90 Å². The predicted molar refractivity (Wildman–Crippen MR) is 109 cm³/mol. The molecule has 0 saturated heterocycles. The van der Waals surface area contributed by atoms with Crippen LogP contribution in [-0.2, 0) is 9.84 Å². The third-order valence-corrected chi connectivity index (χ3v) is 5.26. The molecule has 0 bridgehead atoms. The molecule has 2 N–H and O–H groups in total. The molecule has 0 heterocycles. The SMILES string of the molecule is CS(=O)(=O)c1ccc(Cl)c(C(=O)Nc2ccc(Nc3ccccc3)cc2)c1. The molecule has 0 radical (unpaired) electrons. The van der Waals surface area contributed by atoms with Crippen molar-refractivity contribution in [2.24, 2.45) is 0 Å². The highest BCUT2D eigenvalue weighted by molar-refractivity contribution is 7.90. The van der Waals surface area contributed by atoms with Gasteiger partial charge in [-0.2, -0.15) is 0 Å². The molecule has 0 aromatic heterocycles. The predicted octanol–water partition coefficient (Wildman–Crippen LogP) is 4.74. The zero-order valence-corrected chi connectivity index (χ0v) is 16.0. The second kappa shape index (κ2) is 7.82. The van der Waals surface area contributed by atoms with Crippen molar-refractivity contribution < 1.29 is 13.2 Å².